The van der Waals surface area contributed by atoms with Gasteiger partial charge in [-0.2, -0.15) is 13.5 Å². The fourth-order valence-corrected chi connectivity index (χ4v) is 3.70. The number of fused-ring (bicyclic) bond motifs is 1. The number of hydrogen-bond acceptors (Lipinski definition) is 8. The summed E-state index contributed by atoms with van der Waals surface area (Å²) in [4.78, 5) is 34.2. The quantitative estimate of drug-likeness (QED) is 0.339. The summed E-state index contributed by atoms with van der Waals surface area (Å²) in [5.74, 6) is 1.30. The Morgan fingerprint density at radius 3 is 2.49 bits per heavy atom. The number of nitrogens with zero attached hydrogens (tertiary/aromatic N) is 5. The Labute approximate surface area is 211 Å². The Morgan fingerprint density at radius 2 is 1.77 bits per heavy atom. The van der Waals surface area contributed by atoms with Crippen molar-refractivity contribution in [3.63, 3.8) is 0 Å². The summed E-state index contributed by atoms with van der Waals surface area (Å²) in [6, 6.07) is 9.82. The zero-order valence-electron chi connectivity index (χ0n) is 20.2. The zero-order chi connectivity index (χ0) is 24.1. The number of aromatic nitrogens is 5. The number of benzene rings is 1. The van der Waals surface area contributed by atoms with Crippen LogP contribution < -0.4 is 16.0 Å². The molecule has 0 fully saturated rings. The molecule has 0 unspecified atom stereocenters. The van der Waals surface area contributed by atoms with Gasteiger partial charge in [-0.1, -0.05) is 25.1 Å². The first-order chi connectivity index (χ1) is 16.5. The first-order valence-corrected chi connectivity index (χ1v) is 11.2. The zero-order valence-corrected chi connectivity index (χ0v) is 21.2. The van der Waals surface area contributed by atoms with Gasteiger partial charge in [-0.05, 0) is 25.5 Å². The normalized spacial score (nSPS) is 11.6. The highest BCUT2D eigenvalue weighted by Gasteiger charge is 2.15. The largest absolute Gasteiger partial charge is 0.369 e. The van der Waals surface area contributed by atoms with Crippen molar-refractivity contribution in [3.05, 3.63) is 66.4 Å². The van der Waals surface area contributed by atoms with E-state index in [-0.39, 0.29) is 31.4 Å². The summed E-state index contributed by atoms with van der Waals surface area (Å²) in [7, 11) is 1.63. The van der Waals surface area contributed by atoms with Crippen LogP contribution in [0.15, 0.2) is 55.2 Å². The maximum Gasteiger partial charge on any atom is 0.251 e. The Morgan fingerprint density at radius 1 is 1.00 bits per heavy atom. The van der Waals surface area contributed by atoms with Gasteiger partial charge in [0.25, 0.3) is 5.91 Å². The molecular weight excluding hydrogens is 460 g/mol. The van der Waals surface area contributed by atoms with E-state index in [0.29, 0.717) is 23.9 Å². The van der Waals surface area contributed by atoms with E-state index in [0.717, 1.165) is 27.7 Å². The van der Waals surface area contributed by atoms with Crippen LogP contribution in [-0.4, -0.2) is 50.5 Å². The molecule has 1 amide bonds. The highest BCUT2D eigenvalue weighted by Crippen LogP contribution is 2.27. The average molecular weight is 491 g/mol. The van der Waals surface area contributed by atoms with Crippen LogP contribution in [0.25, 0.3) is 22.2 Å². The van der Waals surface area contributed by atoms with Gasteiger partial charge in [-0.15, -0.1) is 0 Å². The number of anilines is 2. The summed E-state index contributed by atoms with van der Waals surface area (Å²) in [6.45, 7) is 6.83. The molecule has 0 aliphatic heterocycles. The van der Waals surface area contributed by atoms with E-state index in [4.69, 9.17) is 0 Å². The van der Waals surface area contributed by atoms with Gasteiger partial charge in [-0.3, -0.25) is 9.78 Å². The topological polar surface area (TPSA) is 118 Å². The Hall–Kier alpha value is -3.79. The van der Waals surface area contributed by atoms with E-state index >= 15 is 0 Å². The number of rotatable bonds is 8. The second-order valence-electron chi connectivity index (χ2n) is 8.35. The number of amides is 1. The van der Waals surface area contributed by atoms with Gasteiger partial charge in [-0.25, -0.2) is 19.9 Å². The van der Waals surface area contributed by atoms with Crippen molar-refractivity contribution in [2.45, 2.75) is 32.7 Å². The van der Waals surface area contributed by atoms with E-state index in [1.54, 1.807) is 31.7 Å². The number of carbonyl (C=O) groups excluding carboxylic acids is 1. The molecule has 182 valence electrons. The number of nitrogens with one attached hydrogen (secondary N) is 3. The molecule has 35 heavy (non-hydrogen) atoms. The van der Waals surface area contributed by atoms with Crippen LogP contribution in [-0.2, 0) is 0 Å². The maximum absolute atomic E-state index is 12.3. The molecule has 4 rings (SSSR count). The van der Waals surface area contributed by atoms with Crippen molar-refractivity contribution in [2.24, 2.45) is 0 Å². The molecule has 0 aliphatic carbocycles. The molecule has 0 radical (unpaired) electrons. The van der Waals surface area contributed by atoms with Crippen molar-refractivity contribution >= 4 is 42.1 Å². The molecule has 0 saturated carbocycles. The molecule has 0 spiro atoms. The molecule has 3 N–H and O–H groups in total. The van der Waals surface area contributed by atoms with E-state index in [9.17, 15) is 4.79 Å². The maximum atomic E-state index is 12.3. The van der Waals surface area contributed by atoms with Crippen LogP contribution in [0.3, 0.4) is 0 Å². The lowest BCUT2D eigenvalue weighted by atomic mass is 9.96. The van der Waals surface area contributed by atoms with Crippen LogP contribution in [0.1, 0.15) is 42.6 Å². The molecule has 9 nitrogen and oxygen atoms in total. The Balaban J connectivity index is 0.00000342. The Bertz CT molecular complexity index is 1300. The average Bonchev–Trinajstić information content (AvgIpc) is 2.86. The molecular formula is C25H30N8OS. The smallest absolute Gasteiger partial charge is 0.251 e. The van der Waals surface area contributed by atoms with Crippen LogP contribution >= 0.6 is 13.5 Å². The summed E-state index contributed by atoms with van der Waals surface area (Å²) in [5, 5.41) is 10.1. The second-order valence-corrected chi connectivity index (χ2v) is 8.35. The van der Waals surface area contributed by atoms with Crippen molar-refractivity contribution in [3.8, 4) is 11.3 Å². The molecule has 3 heterocycles. The van der Waals surface area contributed by atoms with Gasteiger partial charge in [0.05, 0.1) is 16.8 Å². The van der Waals surface area contributed by atoms with Crippen molar-refractivity contribution < 1.29 is 4.79 Å². The predicted octanol–water partition coefficient (Wildman–Crippen LogP) is 3.99. The highest BCUT2D eigenvalue weighted by molar-refractivity contribution is 7.59. The molecule has 0 saturated heterocycles. The lowest BCUT2D eigenvalue weighted by Crippen LogP contribution is -2.18. The molecule has 1 atom stereocenters. The number of para-hydroxylation sites is 1. The summed E-state index contributed by atoms with van der Waals surface area (Å²) in [6.07, 6.45) is 6.70. The monoisotopic (exact) mass is 490 g/mol. The van der Waals surface area contributed by atoms with Gasteiger partial charge in [0.15, 0.2) is 0 Å². The number of carbonyl (C=O) groups is 1. The minimum atomic E-state index is -0.124. The first-order valence-electron chi connectivity index (χ1n) is 11.2. The van der Waals surface area contributed by atoms with Crippen molar-refractivity contribution in [1.29, 1.82) is 0 Å². The SMILES string of the molecule is CNC(=O)c1ccnc2c([C@H](C)CNc3cc(-c4cnc(NC(C)C)nc4)ncn3)cccc12.S. The lowest BCUT2D eigenvalue weighted by molar-refractivity contribution is 0.0964. The van der Waals surface area contributed by atoms with E-state index in [1.165, 1.54) is 6.33 Å². The summed E-state index contributed by atoms with van der Waals surface area (Å²) < 4.78 is 0. The van der Waals surface area contributed by atoms with Gasteiger partial charge >= 0.3 is 0 Å². The lowest BCUT2D eigenvalue weighted by Gasteiger charge is -2.16. The van der Waals surface area contributed by atoms with Crippen LogP contribution in [0.5, 0.6) is 0 Å². The molecule has 10 heteroatoms. The summed E-state index contributed by atoms with van der Waals surface area (Å²) >= 11 is 0. The third-order valence-corrected chi connectivity index (χ3v) is 5.43. The molecule has 0 aliphatic rings. The fraction of sp³-hybridized carbons (Fsp3) is 0.280. The fourth-order valence-electron chi connectivity index (χ4n) is 3.70. The van der Waals surface area contributed by atoms with Gasteiger partial charge in [0.2, 0.25) is 5.95 Å². The minimum absolute atomic E-state index is 0. The van der Waals surface area contributed by atoms with Crippen molar-refractivity contribution in [1.82, 2.24) is 30.2 Å². The predicted molar refractivity (Wildman–Crippen MR) is 144 cm³/mol. The van der Waals surface area contributed by atoms with E-state index in [2.05, 4.69) is 47.8 Å². The van der Waals surface area contributed by atoms with Crippen LogP contribution in [0, 0.1) is 0 Å². The standard InChI is InChI=1S/C25H28N8O.H2S/c1-15(2)33-25-29-12-17(13-30-25)21-10-22(32-14-31-21)28-11-16(3)18-6-5-7-19-20(24(34)26-4)8-9-27-23(18)19;/h5-10,12-16H,11H2,1-4H3,(H,26,34)(H,28,31,32)(H,29,30,33);1H2/t16-;/m1./s1. The van der Waals surface area contributed by atoms with E-state index in [1.807, 2.05) is 38.1 Å². The number of hydrogen-bond donors (Lipinski definition) is 3. The van der Waals surface area contributed by atoms with Crippen molar-refractivity contribution in [2.75, 3.05) is 24.2 Å². The first kappa shape index (κ1) is 25.8. The van der Waals surface area contributed by atoms with Crippen LogP contribution in [0.2, 0.25) is 0 Å². The van der Waals surface area contributed by atoms with Gasteiger partial charge < -0.3 is 16.0 Å². The minimum Gasteiger partial charge on any atom is -0.369 e. The van der Waals surface area contributed by atoms with Crippen LogP contribution in [0.4, 0.5) is 11.8 Å². The highest BCUT2D eigenvalue weighted by atomic mass is 32.1. The molecule has 1 aromatic carbocycles. The molecule has 4 aromatic rings. The van der Waals surface area contributed by atoms with E-state index < -0.39 is 0 Å². The third-order valence-electron chi connectivity index (χ3n) is 5.43. The Kier molecular flexibility index (Phi) is 8.53. The molecule has 3 aromatic heterocycles. The van der Waals surface area contributed by atoms with Gasteiger partial charge in [0.1, 0.15) is 12.1 Å². The second kappa shape index (κ2) is 11.6. The summed E-state index contributed by atoms with van der Waals surface area (Å²) in [5.41, 5.74) is 4.06. The third kappa shape index (κ3) is 6.02. The van der Waals surface area contributed by atoms with Gasteiger partial charge in [0, 0.05) is 61.2 Å². The molecule has 0 bridgehead atoms. The number of pyridine rings is 1.